The van der Waals surface area contributed by atoms with Crippen LogP contribution >= 0.6 is 7.37 Å². The van der Waals surface area contributed by atoms with Crippen molar-refractivity contribution in [2.24, 2.45) is 17.8 Å². The standard InChI is InChI=1S/C24H31O2P/c1-19(2)23-15-14-20(3)18-24(23)26-27(25,22-12-8-5-9-13-22)17-16-21-10-6-4-7-11-21/h4-13,16-17,19-20,23-24H,14-15,18H2,1-3H3/b17-16+/t20-,23+,24-,27-/m1/s1. The Morgan fingerprint density at radius 2 is 1.63 bits per heavy atom. The Kier molecular flexibility index (Phi) is 6.73. The van der Waals surface area contributed by atoms with Gasteiger partial charge in [-0.05, 0) is 54.4 Å². The molecule has 1 fully saturated rings. The van der Waals surface area contributed by atoms with Crippen molar-refractivity contribution in [3.8, 4) is 0 Å². The van der Waals surface area contributed by atoms with Crippen LogP contribution in [0.3, 0.4) is 0 Å². The van der Waals surface area contributed by atoms with E-state index >= 15 is 0 Å². The van der Waals surface area contributed by atoms with Gasteiger partial charge in [0.1, 0.15) is 0 Å². The Hall–Kier alpha value is -1.63. The van der Waals surface area contributed by atoms with Gasteiger partial charge in [0.05, 0.1) is 6.10 Å². The zero-order valence-corrected chi connectivity index (χ0v) is 17.5. The molecular formula is C24H31O2P. The molecule has 27 heavy (non-hydrogen) atoms. The largest absolute Gasteiger partial charge is 0.319 e. The molecule has 0 unspecified atom stereocenters. The van der Waals surface area contributed by atoms with Crippen LogP contribution < -0.4 is 5.30 Å². The normalized spacial score (nSPS) is 25.6. The fraction of sp³-hybridized carbons (Fsp3) is 0.417. The lowest BCUT2D eigenvalue weighted by atomic mass is 9.75. The van der Waals surface area contributed by atoms with Gasteiger partial charge < -0.3 is 4.52 Å². The summed E-state index contributed by atoms with van der Waals surface area (Å²) in [4.78, 5) is 0. The van der Waals surface area contributed by atoms with Crippen molar-refractivity contribution in [2.75, 3.05) is 0 Å². The molecule has 1 saturated carbocycles. The van der Waals surface area contributed by atoms with Crippen molar-refractivity contribution in [1.29, 1.82) is 0 Å². The van der Waals surface area contributed by atoms with Crippen LogP contribution in [-0.4, -0.2) is 6.10 Å². The Labute approximate surface area is 164 Å². The van der Waals surface area contributed by atoms with Crippen LogP contribution in [0.4, 0.5) is 0 Å². The van der Waals surface area contributed by atoms with Gasteiger partial charge in [0.15, 0.2) is 0 Å². The van der Waals surface area contributed by atoms with E-state index in [9.17, 15) is 4.57 Å². The maximum Gasteiger partial charge on any atom is 0.254 e. The van der Waals surface area contributed by atoms with E-state index in [1.54, 1.807) is 5.82 Å². The highest BCUT2D eigenvalue weighted by atomic mass is 31.2. The lowest BCUT2D eigenvalue weighted by Gasteiger charge is -2.38. The zero-order chi connectivity index (χ0) is 19.3. The van der Waals surface area contributed by atoms with Gasteiger partial charge in [-0.2, -0.15) is 0 Å². The average Bonchev–Trinajstić information content (AvgIpc) is 2.68. The summed E-state index contributed by atoms with van der Waals surface area (Å²) in [6.07, 6.45) is 5.35. The number of hydrogen-bond donors (Lipinski definition) is 0. The van der Waals surface area contributed by atoms with Crippen molar-refractivity contribution in [2.45, 2.75) is 46.1 Å². The van der Waals surface area contributed by atoms with Gasteiger partial charge >= 0.3 is 0 Å². The molecule has 0 saturated heterocycles. The molecule has 2 aromatic rings. The van der Waals surface area contributed by atoms with Gasteiger partial charge in [-0.3, -0.25) is 4.57 Å². The van der Waals surface area contributed by atoms with Gasteiger partial charge in [0.25, 0.3) is 7.37 Å². The average molecular weight is 382 g/mol. The maximum absolute atomic E-state index is 14.0. The molecule has 0 aromatic heterocycles. The molecule has 1 aliphatic rings. The highest BCUT2D eigenvalue weighted by molar-refractivity contribution is 7.70. The van der Waals surface area contributed by atoms with Crippen LogP contribution in [0.5, 0.6) is 0 Å². The fourth-order valence-electron chi connectivity index (χ4n) is 4.00. The van der Waals surface area contributed by atoms with Crippen LogP contribution in [0, 0.1) is 17.8 Å². The molecule has 0 radical (unpaired) electrons. The van der Waals surface area contributed by atoms with E-state index in [0.29, 0.717) is 17.8 Å². The van der Waals surface area contributed by atoms with Crippen molar-refractivity contribution < 1.29 is 9.09 Å². The van der Waals surface area contributed by atoms with Crippen molar-refractivity contribution in [3.05, 3.63) is 72.0 Å². The summed E-state index contributed by atoms with van der Waals surface area (Å²) in [5, 5.41) is 0.776. The van der Waals surface area contributed by atoms with Gasteiger partial charge in [-0.15, -0.1) is 0 Å². The zero-order valence-electron chi connectivity index (χ0n) is 16.6. The summed E-state index contributed by atoms with van der Waals surface area (Å²) in [5.74, 6) is 3.41. The molecule has 0 heterocycles. The van der Waals surface area contributed by atoms with Crippen LogP contribution in [0.15, 0.2) is 66.5 Å². The highest BCUT2D eigenvalue weighted by Crippen LogP contribution is 2.52. The van der Waals surface area contributed by atoms with E-state index in [1.807, 2.05) is 66.7 Å². The first-order valence-electron chi connectivity index (χ1n) is 10.1. The molecule has 0 N–H and O–H groups in total. The summed E-state index contributed by atoms with van der Waals surface area (Å²) in [6, 6.07) is 19.7. The lowest BCUT2D eigenvalue weighted by Crippen LogP contribution is -2.34. The van der Waals surface area contributed by atoms with E-state index in [0.717, 1.165) is 23.7 Å². The first kappa shape index (κ1) is 20.1. The Balaban J connectivity index is 1.92. The highest BCUT2D eigenvalue weighted by Gasteiger charge is 2.36. The SMILES string of the molecule is CC(C)[C@@H]1CC[C@@H](C)C[C@H]1O[P@](=O)(/C=C/c1ccccc1)c1ccccc1. The minimum absolute atomic E-state index is 0.0419. The quantitative estimate of drug-likeness (QED) is 0.517. The van der Waals surface area contributed by atoms with Crippen LogP contribution in [-0.2, 0) is 9.09 Å². The van der Waals surface area contributed by atoms with Crippen LogP contribution in [0.1, 0.15) is 45.6 Å². The summed E-state index contributed by atoms with van der Waals surface area (Å²) in [7, 11) is -3.09. The van der Waals surface area contributed by atoms with E-state index in [2.05, 4.69) is 20.8 Å². The molecular weight excluding hydrogens is 351 g/mol. The van der Waals surface area contributed by atoms with Crippen LogP contribution in [0.25, 0.3) is 6.08 Å². The van der Waals surface area contributed by atoms with Gasteiger partial charge in [0.2, 0.25) is 0 Å². The maximum atomic E-state index is 14.0. The molecule has 2 nitrogen and oxygen atoms in total. The summed E-state index contributed by atoms with van der Waals surface area (Å²) < 4.78 is 20.5. The van der Waals surface area contributed by atoms with Gasteiger partial charge in [0, 0.05) is 11.1 Å². The van der Waals surface area contributed by atoms with Gasteiger partial charge in [-0.1, -0.05) is 75.7 Å². The molecule has 0 aliphatic heterocycles. The fourth-order valence-corrected chi connectivity index (χ4v) is 5.97. The first-order valence-corrected chi connectivity index (χ1v) is 11.8. The summed E-state index contributed by atoms with van der Waals surface area (Å²) in [6.45, 7) is 6.79. The van der Waals surface area contributed by atoms with E-state index in [1.165, 1.54) is 6.42 Å². The van der Waals surface area contributed by atoms with E-state index in [4.69, 9.17) is 4.52 Å². The Morgan fingerprint density at radius 3 is 2.26 bits per heavy atom. The molecule has 0 spiro atoms. The first-order chi connectivity index (χ1) is 13.0. The predicted octanol–water partition coefficient (Wildman–Crippen LogP) is 6.74. The molecule has 0 bridgehead atoms. The molecule has 3 heteroatoms. The molecule has 3 rings (SSSR count). The predicted molar refractivity (Wildman–Crippen MR) is 115 cm³/mol. The van der Waals surface area contributed by atoms with Crippen molar-refractivity contribution >= 4 is 18.7 Å². The third-order valence-corrected chi connectivity index (χ3v) is 7.78. The molecule has 4 atom stereocenters. The summed E-state index contributed by atoms with van der Waals surface area (Å²) in [5.41, 5.74) is 1.04. The molecule has 0 amide bonds. The van der Waals surface area contributed by atoms with E-state index in [-0.39, 0.29) is 6.10 Å². The number of rotatable bonds is 6. The minimum Gasteiger partial charge on any atom is -0.319 e. The number of benzene rings is 2. The van der Waals surface area contributed by atoms with E-state index < -0.39 is 7.37 Å². The topological polar surface area (TPSA) is 26.3 Å². The minimum atomic E-state index is -3.09. The van der Waals surface area contributed by atoms with Gasteiger partial charge in [-0.25, -0.2) is 0 Å². The second kappa shape index (κ2) is 9.04. The summed E-state index contributed by atoms with van der Waals surface area (Å²) >= 11 is 0. The third-order valence-electron chi connectivity index (χ3n) is 5.63. The Morgan fingerprint density at radius 1 is 1.00 bits per heavy atom. The Bertz CT molecular complexity index is 783. The van der Waals surface area contributed by atoms with Crippen molar-refractivity contribution in [1.82, 2.24) is 0 Å². The second-order valence-electron chi connectivity index (χ2n) is 8.13. The molecule has 144 valence electrons. The van der Waals surface area contributed by atoms with Crippen molar-refractivity contribution in [3.63, 3.8) is 0 Å². The van der Waals surface area contributed by atoms with Crippen LogP contribution in [0.2, 0.25) is 0 Å². The second-order valence-corrected chi connectivity index (χ2v) is 10.3. The smallest absolute Gasteiger partial charge is 0.254 e. The molecule has 1 aliphatic carbocycles. The monoisotopic (exact) mass is 382 g/mol. The number of hydrogen-bond acceptors (Lipinski definition) is 2. The third kappa shape index (κ3) is 5.21. The lowest BCUT2D eigenvalue weighted by molar-refractivity contribution is 0.0512. The molecule has 2 aromatic carbocycles.